The van der Waals surface area contributed by atoms with Gasteiger partial charge in [0, 0.05) is 17.9 Å². The lowest BCUT2D eigenvalue weighted by Gasteiger charge is -2.04. The molecular weight excluding hydrogens is 212 g/mol. The Bertz CT molecular complexity index is 447. The average Bonchev–Trinajstić information content (AvgIpc) is 2.67. The number of hydrogen-bond donors (Lipinski definition) is 2. The molecule has 0 radical (unpaired) electrons. The minimum Gasteiger partial charge on any atom is -0.481 e. The molecule has 2 heterocycles. The second-order valence-corrected chi connectivity index (χ2v) is 4.42. The van der Waals surface area contributed by atoms with Crippen molar-refractivity contribution in [2.45, 2.75) is 38.6 Å². The van der Waals surface area contributed by atoms with Crippen molar-refractivity contribution >= 4 is 18.2 Å². The molecule has 1 aromatic rings. The highest BCUT2D eigenvalue weighted by Crippen LogP contribution is 2.30. The molecule has 0 fully saturated rings. The molecule has 4 nitrogen and oxygen atoms in total. The van der Waals surface area contributed by atoms with Crippen LogP contribution in [0.2, 0.25) is 0 Å². The van der Waals surface area contributed by atoms with Gasteiger partial charge in [-0.15, -0.1) is 0 Å². The Morgan fingerprint density at radius 2 is 2.47 bits per heavy atom. The lowest BCUT2D eigenvalue weighted by molar-refractivity contribution is -0.136. The molecule has 2 rings (SSSR count). The van der Waals surface area contributed by atoms with Gasteiger partial charge in [0.1, 0.15) is 0 Å². The number of nitrogens with one attached hydrogen (secondary N) is 1. The highest BCUT2D eigenvalue weighted by atomic mass is 32.1. The number of hydrogen-bond acceptors (Lipinski definition) is 2. The number of carboxylic acid groups (broad SMARTS) is 1. The summed E-state index contributed by atoms with van der Waals surface area (Å²) in [6, 6.07) is 0. The SMILES string of the molecule is CC1CCn2c1c(CCC(=O)O)[nH]c2=S. The smallest absolute Gasteiger partial charge is 0.303 e. The monoisotopic (exact) mass is 226 g/mol. The molecule has 2 N–H and O–H groups in total. The fraction of sp³-hybridized carbons (Fsp3) is 0.600. The van der Waals surface area contributed by atoms with Crippen LogP contribution in [0.5, 0.6) is 0 Å². The van der Waals surface area contributed by atoms with E-state index < -0.39 is 5.97 Å². The van der Waals surface area contributed by atoms with E-state index in [1.165, 1.54) is 5.69 Å². The standard InChI is InChI=1S/C10H14N2O2S/c1-6-4-5-12-9(6)7(11-10(12)15)2-3-8(13)14/h6H,2-5H2,1H3,(H,11,15)(H,13,14). The van der Waals surface area contributed by atoms with Crippen LogP contribution in [0.25, 0.3) is 0 Å². The zero-order valence-corrected chi connectivity index (χ0v) is 9.43. The van der Waals surface area contributed by atoms with E-state index in [9.17, 15) is 4.79 Å². The molecule has 1 atom stereocenters. The number of carbonyl (C=O) groups is 1. The summed E-state index contributed by atoms with van der Waals surface area (Å²) in [5, 5.41) is 8.65. The number of aromatic nitrogens is 2. The van der Waals surface area contributed by atoms with Gasteiger partial charge in [0.25, 0.3) is 0 Å². The molecule has 1 aromatic heterocycles. The number of H-pyrrole nitrogens is 1. The highest BCUT2D eigenvalue weighted by molar-refractivity contribution is 7.71. The van der Waals surface area contributed by atoms with Crippen LogP contribution >= 0.6 is 12.2 Å². The van der Waals surface area contributed by atoms with Gasteiger partial charge in [-0.2, -0.15) is 0 Å². The molecule has 0 aromatic carbocycles. The Morgan fingerprint density at radius 1 is 1.73 bits per heavy atom. The van der Waals surface area contributed by atoms with Crippen molar-refractivity contribution in [3.63, 3.8) is 0 Å². The maximum atomic E-state index is 10.5. The van der Waals surface area contributed by atoms with Gasteiger partial charge in [0.05, 0.1) is 6.42 Å². The predicted octanol–water partition coefficient (Wildman–Crippen LogP) is 2.07. The first-order valence-electron chi connectivity index (χ1n) is 5.13. The fourth-order valence-electron chi connectivity index (χ4n) is 2.20. The van der Waals surface area contributed by atoms with Gasteiger partial charge < -0.3 is 14.7 Å². The van der Waals surface area contributed by atoms with Gasteiger partial charge in [-0.1, -0.05) is 6.92 Å². The third kappa shape index (κ3) is 1.84. The zero-order valence-electron chi connectivity index (χ0n) is 8.62. The average molecular weight is 226 g/mol. The van der Waals surface area contributed by atoms with Gasteiger partial charge in [-0.05, 0) is 31.0 Å². The van der Waals surface area contributed by atoms with Crippen molar-refractivity contribution in [2.75, 3.05) is 0 Å². The molecule has 0 spiro atoms. The van der Waals surface area contributed by atoms with Crippen LogP contribution in [0.4, 0.5) is 0 Å². The summed E-state index contributed by atoms with van der Waals surface area (Å²) in [6.45, 7) is 3.12. The third-order valence-corrected chi connectivity index (χ3v) is 3.27. The molecule has 5 heteroatoms. The van der Waals surface area contributed by atoms with Gasteiger partial charge in [0.2, 0.25) is 0 Å². The number of aryl methyl sites for hydroxylation is 1. The van der Waals surface area contributed by atoms with E-state index in [4.69, 9.17) is 17.3 Å². The third-order valence-electron chi connectivity index (χ3n) is 2.94. The molecule has 1 aliphatic heterocycles. The van der Waals surface area contributed by atoms with Crippen LogP contribution in [0.1, 0.15) is 37.1 Å². The summed E-state index contributed by atoms with van der Waals surface area (Å²) in [7, 11) is 0. The molecule has 82 valence electrons. The summed E-state index contributed by atoms with van der Waals surface area (Å²) in [4.78, 5) is 13.6. The number of nitrogens with zero attached hydrogens (tertiary/aromatic N) is 1. The first-order valence-corrected chi connectivity index (χ1v) is 5.53. The summed E-state index contributed by atoms with van der Waals surface area (Å²) < 4.78 is 2.83. The van der Waals surface area contributed by atoms with E-state index in [0.717, 1.165) is 23.4 Å². The summed E-state index contributed by atoms with van der Waals surface area (Å²) in [6.07, 6.45) is 1.81. The number of carboxylic acids is 1. The number of imidazole rings is 1. The van der Waals surface area contributed by atoms with E-state index in [0.29, 0.717) is 12.3 Å². The van der Waals surface area contributed by atoms with Crippen molar-refractivity contribution in [1.29, 1.82) is 0 Å². The minimum absolute atomic E-state index is 0.162. The van der Waals surface area contributed by atoms with Crippen LogP contribution in [-0.4, -0.2) is 20.6 Å². The Labute approximate surface area is 92.9 Å². The fourth-order valence-corrected chi connectivity index (χ4v) is 2.51. The van der Waals surface area contributed by atoms with Crippen LogP contribution in [0.15, 0.2) is 0 Å². The number of aromatic amines is 1. The van der Waals surface area contributed by atoms with Crippen molar-refractivity contribution in [3.8, 4) is 0 Å². The molecule has 0 aliphatic carbocycles. The lowest BCUT2D eigenvalue weighted by atomic mass is 10.0. The molecule has 15 heavy (non-hydrogen) atoms. The van der Waals surface area contributed by atoms with E-state index in [-0.39, 0.29) is 6.42 Å². The lowest BCUT2D eigenvalue weighted by Crippen LogP contribution is -2.01. The normalized spacial score (nSPS) is 19.1. The highest BCUT2D eigenvalue weighted by Gasteiger charge is 2.23. The maximum Gasteiger partial charge on any atom is 0.303 e. The van der Waals surface area contributed by atoms with E-state index in [1.54, 1.807) is 0 Å². The Morgan fingerprint density at radius 3 is 3.13 bits per heavy atom. The minimum atomic E-state index is -0.764. The van der Waals surface area contributed by atoms with E-state index >= 15 is 0 Å². The largest absolute Gasteiger partial charge is 0.481 e. The number of fused-ring (bicyclic) bond motifs is 1. The zero-order chi connectivity index (χ0) is 11.0. The van der Waals surface area contributed by atoms with Crippen molar-refractivity contribution in [3.05, 3.63) is 16.2 Å². The molecule has 0 amide bonds. The second kappa shape index (κ2) is 3.81. The maximum absolute atomic E-state index is 10.5. The first kappa shape index (κ1) is 10.4. The van der Waals surface area contributed by atoms with Gasteiger partial charge in [0.15, 0.2) is 4.77 Å². The summed E-state index contributed by atoms with van der Waals surface area (Å²) in [5.74, 6) is -0.276. The molecule has 0 bridgehead atoms. The second-order valence-electron chi connectivity index (χ2n) is 4.03. The van der Waals surface area contributed by atoms with Crippen molar-refractivity contribution in [1.82, 2.24) is 9.55 Å². The predicted molar refractivity (Wildman–Crippen MR) is 58.6 cm³/mol. The Balaban J connectivity index is 2.29. The van der Waals surface area contributed by atoms with Crippen molar-refractivity contribution < 1.29 is 9.90 Å². The van der Waals surface area contributed by atoms with Crippen LogP contribution in [0.3, 0.4) is 0 Å². The van der Waals surface area contributed by atoms with Gasteiger partial charge >= 0.3 is 5.97 Å². The van der Waals surface area contributed by atoms with E-state index in [2.05, 4.69) is 16.5 Å². The van der Waals surface area contributed by atoms with E-state index in [1.807, 2.05) is 0 Å². The van der Waals surface area contributed by atoms with Crippen LogP contribution in [0, 0.1) is 4.77 Å². The van der Waals surface area contributed by atoms with Gasteiger partial charge in [-0.3, -0.25) is 4.79 Å². The quantitative estimate of drug-likeness (QED) is 0.776. The summed E-state index contributed by atoms with van der Waals surface area (Å²) in [5.41, 5.74) is 2.22. The number of rotatable bonds is 3. The van der Waals surface area contributed by atoms with Crippen molar-refractivity contribution in [2.24, 2.45) is 0 Å². The topological polar surface area (TPSA) is 58.0 Å². The molecule has 1 unspecified atom stereocenters. The molecule has 0 saturated heterocycles. The Kier molecular flexibility index (Phi) is 2.65. The number of aliphatic carboxylic acids is 1. The summed E-state index contributed by atoms with van der Waals surface area (Å²) >= 11 is 5.19. The van der Waals surface area contributed by atoms with Crippen LogP contribution in [-0.2, 0) is 17.8 Å². The molecule has 1 aliphatic rings. The first-order chi connectivity index (χ1) is 7.09. The molecular formula is C10H14N2O2S. The van der Waals surface area contributed by atoms with Crippen LogP contribution < -0.4 is 0 Å². The molecule has 0 saturated carbocycles. The van der Waals surface area contributed by atoms with Gasteiger partial charge in [-0.25, -0.2) is 0 Å². The Hall–Kier alpha value is -1.10.